The second-order valence-corrected chi connectivity index (χ2v) is 4.64. The fourth-order valence-corrected chi connectivity index (χ4v) is 2.59. The van der Waals surface area contributed by atoms with Gasteiger partial charge in [-0.25, -0.2) is 0 Å². The minimum atomic E-state index is 0.112. The van der Waals surface area contributed by atoms with E-state index in [9.17, 15) is 4.79 Å². The van der Waals surface area contributed by atoms with Crippen LogP contribution in [-0.4, -0.2) is 5.91 Å². The number of rotatable bonds is 1. The number of hydrogen-bond acceptors (Lipinski definition) is 1. The zero-order valence-electron chi connectivity index (χ0n) is 10.1. The van der Waals surface area contributed by atoms with Crippen molar-refractivity contribution in [2.75, 3.05) is 5.32 Å². The standard InChI is InChI=1S/C16H15NO/c18-16-11-10-13(12-6-2-1-3-7-12)14-8-4-5-9-15(14)17-16/h1-9,13H,10-11H2,(H,17,18)/t13-/m0/s1. The molecular weight excluding hydrogens is 222 g/mol. The van der Waals surface area contributed by atoms with E-state index < -0.39 is 0 Å². The molecule has 90 valence electrons. The summed E-state index contributed by atoms with van der Waals surface area (Å²) < 4.78 is 0. The molecule has 0 spiro atoms. The molecule has 1 aliphatic rings. The fraction of sp³-hybridized carbons (Fsp3) is 0.188. The van der Waals surface area contributed by atoms with Crippen LogP contribution in [-0.2, 0) is 4.79 Å². The van der Waals surface area contributed by atoms with Crippen LogP contribution in [0.25, 0.3) is 0 Å². The third-order valence-electron chi connectivity index (χ3n) is 3.47. The third kappa shape index (κ3) is 2.02. The molecule has 3 rings (SSSR count). The molecule has 1 heterocycles. The Bertz CT molecular complexity index is 562. The van der Waals surface area contributed by atoms with E-state index in [1.165, 1.54) is 11.1 Å². The molecule has 0 radical (unpaired) electrons. The highest BCUT2D eigenvalue weighted by Gasteiger charge is 2.22. The van der Waals surface area contributed by atoms with Gasteiger partial charge in [-0.2, -0.15) is 0 Å². The van der Waals surface area contributed by atoms with E-state index >= 15 is 0 Å². The van der Waals surface area contributed by atoms with Crippen molar-refractivity contribution in [2.45, 2.75) is 18.8 Å². The lowest BCUT2D eigenvalue weighted by atomic mass is 9.87. The average Bonchev–Trinajstić information content (AvgIpc) is 2.58. The maximum absolute atomic E-state index is 11.7. The zero-order chi connectivity index (χ0) is 12.4. The van der Waals surface area contributed by atoms with Gasteiger partial charge in [0.1, 0.15) is 0 Å². The number of carbonyl (C=O) groups excluding carboxylic acids is 1. The molecule has 2 aromatic rings. The van der Waals surface area contributed by atoms with Crippen LogP contribution in [0.3, 0.4) is 0 Å². The van der Waals surface area contributed by atoms with Crippen molar-refractivity contribution in [3.8, 4) is 0 Å². The Kier molecular flexibility index (Phi) is 2.85. The molecule has 0 bridgehead atoms. The number of anilines is 1. The molecule has 2 aromatic carbocycles. The van der Waals surface area contributed by atoms with Crippen LogP contribution in [0, 0.1) is 0 Å². The van der Waals surface area contributed by atoms with Crippen LogP contribution in [0.1, 0.15) is 29.9 Å². The van der Waals surface area contributed by atoms with Crippen molar-refractivity contribution in [1.29, 1.82) is 0 Å². The summed E-state index contributed by atoms with van der Waals surface area (Å²) in [5.41, 5.74) is 3.45. The summed E-state index contributed by atoms with van der Waals surface area (Å²) in [5, 5.41) is 2.98. The lowest BCUT2D eigenvalue weighted by Gasteiger charge is -2.17. The molecule has 0 saturated heterocycles. The van der Waals surface area contributed by atoms with Crippen molar-refractivity contribution in [1.82, 2.24) is 0 Å². The van der Waals surface area contributed by atoms with Gasteiger partial charge in [-0.05, 0) is 23.6 Å². The van der Waals surface area contributed by atoms with Crippen LogP contribution in [0.4, 0.5) is 5.69 Å². The summed E-state index contributed by atoms with van der Waals surface area (Å²) in [5.74, 6) is 0.419. The first-order chi connectivity index (χ1) is 8.84. The SMILES string of the molecule is O=C1CC[C@@H](c2ccccc2)c2ccccc2N1. The summed E-state index contributed by atoms with van der Waals surface area (Å²) in [4.78, 5) is 11.7. The van der Waals surface area contributed by atoms with Gasteiger partial charge in [0.05, 0.1) is 0 Å². The average molecular weight is 237 g/mol. The summed E-state index contributed by atoms with van der Waals surface area (Å²) in [6.07, 6.45) is 1.45. The molecule has 1 aliphatic heterocycles. The lowest BCUT2D eigenvalue weighted by Crippen LogP contribution is -2.08. The van der Waals surface area contributed by atoms with Crippen LogP contribution >= 0.6 is 0 Å². The Hall–Kier alpha value is -2.09. The maximum Gasteiger partial charge on any atom is 0.224 e. The molecule has 2 heteroatoms. The molecule has 0 saturated carbocycles. The molecule has 2 nitrogen and oxygen atoms in total. The van der Waals surface area contributed by atoms with Gasteiger partial charge < -0.3 is 5.32 Å². The molecule has 0 aliphatic carbocycles. The Morgan fingerprint density at radius 2 is 1.67 bits per heavy atom. The summed E-state index contributed by atoms with van der Waals surface area (Å²) >= 11 is 0. The van der Waals surface area contributed by atoms with E-state index in [0.717, 1.165) is 12.1 Å². The van der Waals surface area contributed by atoms with Crippen LogP contribution in [0.15, 0.2) is 54.6 Å². The van der Waals surface area contributed by atoms with Crippen LogP contribution in [0.2, 0.25) is 0 Å². The number of amides is 1. The normalized spacial score (nSPS) is 18.7. The Labute approximate surface area is 107 Å². The monoisotopic (exact) mass is 237 g/mol. The molecule has 18 heavy (non-hydrogen) atoms. The van der Waals surface area contributed by atoms with Gasteiger partial charge in [0.25, 0.3) is 0 Å². The minimum Gasteiger partial charge on any atom is -0.326 e. The van der Waals surface area contributed by atoms with Gasteiger partial charge in [-0.3, -0.25) is 4.79 Å². The van der Waals surface area contributed by atoms with Gasteiger partial charge in [0, 0.05) is 18.0 Å². The van der Waals surface area contributed by atoms with Gasteiger partial charge in [0.2, 0.25) is 5.91 Å². The highest BCUT2D eigenvalue weighted by molar-refractivity contribution is 5.92. The van der Waals surface area contributed by atoms with E-state index in [1.54, 1.807) is 0 Å². The largest absolute Gasteiger partial charge is 0.326 e. The van der Waals surface area contributed by atoms with E-state index in [1.807, 2.05) is 24.3 Å². The summed E-state index contributed by atoms with van der Waals surface area (Å²) in [6.45, 7) is 0. The number of para-hydroxylation sites is 1. The zero-order valence-corrected chi connectivity index (χ0v) is 10.1. The second-order valence-electron chi connectivity index (χ2n) is 4.64. The summed E-state index contributed by atoms with van der Waals surface area (Å²) in [6, 6.07) is 18.5. The quantitative estimate of drug-likeness (QED) is 0.807. The van der Waals surface area contributed by atoms with Crippen molar-refractivity contribution < 1.29 is 4.79 Å². The predicted octanol–water partition coefficient (Wildman–Crippen LogP) is 3.55. The topological polar surface area (TPSA) is 29.1 Å². The van der Waals surface area contributed by atoms with Crippen molar-refractivity contribution in [2.24, 2.45) is 0 Å². The predicted molar refractivity (Wildman–Crippen MR) is 72.6 cm³/mol. The molecule has 0 aromatic heterocycles. The van der Waals surface area contributed by atoms with Crippen molar-refractivity contribution in [3.63, 3.8) is 0 Å². The van der Waals surface area contributed by atoms with Crippen LogP contribution in [0.5, 0.6) is 0 Å². The van der Waals surface area contributed by atoms with Crippen molar-refractivity contribution in [3.05, 3.63) is 65.7 Å². The first-order valence-corrected chi connectivity index (χ1v) is 6.28. The fourth-order valence-electron chi connectivity index (χ4n) is 2.59. The number of benzene rings is 2. The molecule has 1 amide bonds. The van der Waals surface area contributed by atoms with E-state index in [4.69, 9.17) is 0 Å². The molecule has 0 fully saturated rings. The first-order valence-electron chi connectivity index (χ1n) is 6.28. The lowest BCUT2D eigenvalue weighted by molar-refractivity contribution is -0.116. The van der Waals surface area contributed by atoms with Gasteiger partial charge in [0.15, 0.2) is 0 Å². The Balaban J connectivity index is 2.08. The number of carbonyl (C=O) groups is 1. The minimum absolute atomic E-state index is 0.112. The number of nitrogens with one attached hydrogen (secondary N) is 1. The van der Waals surface area contributed by atoms with Gasteiger partial charge in [-0.15, -0.1) is 0 Å². The van der Waals surface area contributed by atoms with Gasteiger partial charge in [-0.1, -0.05) is 48.5 Å². The second kappa shape index (κ2) is 4.65. The molecule has 1 atom stereocenters. The van der Waals surface area contributed by atoms with E-state index in [-0.39, 0.29) is 5.91 Å². The molecule has 0 unspecified atom stereocenters. The highest BCUT2D eigenvalue weighted by Crippen LogP contribution is 2.36. The summed E-state index contributed by atoms with van der Waals surface area (Å²) in [7, 11) is 0. The van der Waals surface area contributed by atoms with E-state index in [2.05, 4.69) is 35.6 Å². The Morgan fingerprint density at radius 3 is 2.50 bits per heavy atom. The van der Waals surface area contributed by atoms with Gasteiger partial charge >= 0.3 is 0 Å². The van der Waals surface area contributed by atoms with E-state index in [0.29, 0.717) is 12.3 Å². The van der Waals surface area contributed by atoms with Crippen LogP contribution < -0.4 is 5.32 Å². The first kappa shape index (κ1) is 11.0. The number of hydrogen-bond donors (Lipinski definition) is 1. The third-order valence-corrected chi connectivity index (χ3v) is 3.47. The highest BCUT2D eigenvalue weighted by atomic mass is 16.1. The molecule has 1 N–H and O–H groups in total. The maximum atomic E-state index is 11.7. The number of fused-ring (bicyclic) bond motifs is 1. The molecular formula is C16H15NO. The Morgan fingerprint density at radius 1 is 0.944 bits per heavy atom. The van der Waals surface area contributed by atoms with Crippen molar-refractivity contribution >= 4 is 11.6 Å². The smallest absolute Gasteiger partial charge is 0.224 e.